The van der Waals surface area contributed by atoms with E-state index in [4.69, 9.17) is 16.7 Å². The van der Waals surface area contributed by atoms with Crippen molar-refractivity contribution in [2.45, 2.75) is 53.9 Å². The summed E-state index contributed by atoms with van der Waals surface area (Å²) in [4.78, 5) is 0. The summed E-state index contributed by atoms with van der Waals surface area (Å²) in [6, 6.07) is 4.22. The topological polar surface area (TPSA) is 20.2 Å². The van der Waals surface area contributed by atoms with Crippen LogP contribution < -0.4 is 0 Å². The molecule has 0 fully saturated rings. The molecule has 1 aromatic rings. The minimum Gasteiger partial charge on any atom is -0.400 e. The third-order valence-electron chi connectivity index (χ3n) is 4.15. The third-order valence-corrected chi connectivity index (χ3v) is 4.46. The first-order valence-electron chi connectivity index (χ1n) is 7.79. The van der Waals surface area contributed by atoms with Gasteiger partial charge < -0.3 is 5.11 Å². The van der Waals surface area contributed by atoms with Crippen LogP contribution in [-0.2, 0) is 12.8 Å². The average molecular weight is 311 g/mol. The predicted octanol–water partition coefficient (Wildman–Crippen LogP) is 5.77. The molecule has 0 spiro atoms. The van der Waals surface area contributed by atoms with Crippen molar-refractivity contribution in [1.29, 1.82) is 0 Å². The molecule has 1 N–H and O–H groups in total. The molecule has 0 heterocycles. The van der Waals surface area contributed by atoms with E-state index >= 15 is 0 Å². The second kappa shape index (κ2) is 10.0. The molecule has 0 radical (unpaired) electrons. The van der Waals surface area contributed by atoms with E-state index < -0.39 is 0 Å². The molecule has 1 nitrogen and oxygen atoms in total. The highest BCUT2D eigenvalue weighted by atomic mass is 35.5. The molecule has 1 rings (SSSR count). The highest BCUT2D eigenvalue weighted by Crippen LogP contribution is 2.31. The lowest BCUT2D eigenvalue weighted by molar-refractivity contribution is 0.392. The van der Waals surface area contributed by atoms with Gasteiger partial charge in [0.2, 0.25) is 0 Å². The van der Waals surface area contributed by atoms with Crippen LogP contribution in [0.2, 0.25) is 5.02 Å². The number of aliphatic hydroxyl groups is 1. The summed E-state index contributed by atoms with van der Waals surface area (Å²) in [7, 11) is 1.00. The normalized spacial score (nSPS) is 11.9. The highest BCUT2D eigenvalue weighted by molar-refractivity contribution is 6.32. The van der Waals surface area contributed by atoms with E-state index in [-0.39, 0.29) is 0 Å². The lowest BCUT2D eigenvalue weighted by Crippen LogP contribution is -2.07. The summed E-state index contributed by atoms with van der Waals surface area (Å²) in [5, 5.41) is 7.84. The summed E-state index contributed by atoms with van der Waals surface area (Å²) >= 11 is 6.33. The number of aryl methyl sites for hydroxylation is 1. The maximum atomic E-state index is 7.00. The van der Waals surface area contributed by atoms with E-state index in [1.165, 1.54) is 23.1 Å². The number of halogens is 1. The fourth-order valence-corrected chi connectivity index (χ4v) is 2.82. The van der Waals surface area contributed by atoms with Crippen molar-refractivity contribution >= 4 is 17.2 Å². The first-order valence-corrected chi connectivity index (χ1v) is 8.17. The lowest BCUT2D eigenvalue weighted by Gasteiger charge is -2.19. The first kappa shape index (κ1) is 20.2. The molecular formula is C19H31ClO. The molecule has 21 heavy (non-hydrogen) atoms. The molecule has 0 aliphatic rings. The minimum absolute atomic E-state index is 0.748. The summed E-state index contributed by atoms with van der Waals surface area (Å²) in [6.07, 6.45) is 3.40. The number of rotatable bonds is 6. The number of hydrogen-bond acceptors (Lipinski definition) is 1. The maximum Gasteiger partial charge on any atom is 0.0483 e. The predicted molar refractivity (Wildman–Crippen MR) is 96.0 cm³/mol. The van der Waals surface area contributed by atoms with Crippen molar-refractivity contribution in [3.8, 4) is 0 Å². The van der Waals surface area contributed by atoms with Crippen LogP contribution in [0.3, 0.4) is 0 Å². The van der Waals surface area contributed by atoms with Crippen LogP contribution in [-0.4, -0.2) is 12.2 Å². The van der Waals surface area contributed by atoms with Crippen LogP contribution in [0.5, 0.6) is 0 Å². The van der Waals surface area contributed by atoms with Crippen LogP contribution in [0.4, 0.5) is 0 Å². The monoisotopic (exact) mass is 310 g/mol. The van der Waals surface area contributed by atoms with Gasteiger partial charge in [0.05, 0.1) is 0 Å². The van der Waals surface area contributed by atoms with E-state index in [1.54, 1.807) is 0 Å². The van der Waals surface area contributed by atoms with Gasteiger partial charge in [-0.25, -0.2) is 0 Å². The largest absolute Gasteiger partial charge is 0.400 e. The quantitative estimate of drug-likeness (QED) is 0.707. The molecule has 0 amide bonds. The Bertz CT molecular complexity index is 449. The summed E-state index contributed by atoms with van der Waals surface area (Å²) < 4.78 is 0. The minimum atomic E-state index is 0.748. The van der Waals surface area contributed by atoms with Crippen molar-refractivity contribution in [2.75, 3.05) is 7.11 Å². The smallest absolute Gasteiger partial charge is 0.0483 e. The first-order chi connectivity index (χ1) is 9.88. The molecule has 0 aliphatic heterocycles. The second-order valence-electron chi connectivity index (χ2n) is 5.95. The van der Waals surface area contributed by atoms with Gasteiger partial charge in [-0.05, 0) is 66.4 Å². The standard InChI is InChI=1S/C18H27Cl.CH4O/c1-7-16-15(9-8-14(6)12(2)3)10-11-17(19)18(16)13(4)5;1-2/h10-12,14H,4,7-9H2,1-3,5-6H3;2H,1H3. The van der Waals surface area contributed by atoms with Crippen molar-refractivity contribution < 1.29 is 5.11 Å². The molecule has 2 heteroatoms. The van der Waals surface area contributed by atoms with Crippen LogP contribution in [0.25, 0.3) is 5.57 Å². The van der Waals surface area contributed by atoms with Gasteiger partial charge >= 0.3 is 0 Å². The second-order valence-corrected chi connectivity index (χ2v) is 6.36. The fraction of sp³-hybridized carbons (Fsp3) is 0.579. The SMILES string of the molecule is C=C(C)c1c(Cl)ccc(CCC(C)C(C)C)c1CC.CO. The number of hydrogen-bond donors (Lipinski definition) is 1. The van der Waals surface area contributed by atoms with Gasteiger partial charge in [-0.1, -0.05) is 51.9 Å². The van der Waals surface area contributed by atoms with Crippen LogP contribution >= 0.6 is 11.6 Å². The zero-order valence-electron chi connectivity index (χ0n) is 14.5. The Balaban J connectivity index is 0.00000191. The molecule has 1 unspecified atom stereocenters. The molecule has 0 saturated carbocycles. The molecule has 0 saturated heterocycles. The number of allylic oxidation sites excluding steroid dienone is 1. The molecule has 1 aromatic carbocycles. The molecule has 0 bridgehead atoms. The van der Waals surface area contributed by atoms with Crippen molar-refractivity contribution in [3.63, 3.8) is 0 Å². The van der Waals surface area contributed by atoms with Gasteiger partial charge in [0.15, 0.2) is 0 Å². The van der Waals surface area contributed by atoms with E-state index in [0.29, 0.717) is 0 Å². The van der Waals surface area contributed by atoms with Gasteiger partial charge in [0.25, 0.3) is 0 Å². The van der Waals surface area contributed by atoms with Gasteiger partial charge in [0, 0.05) is 12.1 Å². The molecule has 120 valence electrons. The Labute approximate surface area is 136 Å². The van der Waals surface area contributed by atoms with E-state index in [1.807, 2.05) is 13.0 Å². The van der Waals surface area contributed by atoms with Crippen molar-refractivity contribution in [3.05, 3.63) is 40.4 Å². The average Bonchev–Trinajstić information content (AvgIpc) is 2.46. The van der Waals surface area contributed by atoms with Crippen molar-refractivity contribution in [2.24, 2.45) is 11.8 Å². The Morgan fingerprint density at radius 1 is 1.24 bits per heavy atom. The molecule has 0 aliphatic carbocycles. The van der Waals surface area contributed by atoms with E-state index in [9.17, 15) is 0 Å². The number of aliphatic hydroxyl groups excluding tert-OH is 1. The van der Waals surface area contributed by atoms with E-state index in [2.05, 4.69) is 40.3 Å². The van der Waals surface area contributed by atoms with Crippen LogP contribution in [0.1, 0.15) is 57.7 Å². The molecule has 1 atom stereocenters. The van der Waals surface area contributed by atoms with E-state index in [0.717, 1.165) is 42.4 Å². The Morgan fingerprint density at radius 3 is 2.24 bits per heavy atom. The maximum absolute atomic E-state index is 7.00. The molecule has 0 aromatic heterocycles. The van der Waals surface area contributed by atoms with Crippen LogP contribution in [0.15, 0.2) is 18.7 Å². The third kappa shape index (κ3) is 5.84. The van der Waals surface area contributed by atoms with Gasteiger partial charge in [0.1, 0.15) is 0 Å². The Hall–Kier alpha value is -0.790. The summed E-state index contributed by atoms with van der Waals surface area (Å²) in [6.45, 7) is 15.3. The van der Waals surface area contributed by atoms with Crippen LogP contribution in [0, 0.1) is 11.8 Å². The number of benzene rings is 1. The van der Waals surface area contributed by atoms with Gasteiger partial charge in [-0.3, -0.25) is 0 Å². The van der Waals surface area contributed by atoms with Gasteiger partial charge in [-0.15, -0.1) is 0 Å². The zero-order chi connectivity index (χ0) is 16.6. The summed E-state index contributed by atoms with van der Waals surface area (Å²) in [5.74, 6) is 1.51. The molecular weight excluding hydrogens is 280 g/mol. The van der Waals surface area contributed by atoms with Crippen molar-refractivity contribution in [1.82, 2.24) is 0 Å². The summed E-state index contributed by atoms with van der Waals surface area (Å²) in [5.41, 5.74) is 5.06. The highest BCUT2D eigenvalue weighted by Gasteiger charge is 2.13. The lowest BCUT2D eigenvalue weighted by atomic mass is 9.87. The Kier molecular flexibility index (Phi) is 9.65. The zero-order valence-corrected chi connectivity index (χ0v) is 15.2. The fourth-order valence-electron chi connectivity index (χ4n) is 2.48. The van der Waals surface area contributed by atoms with Gasteiger partial charge in [-0.2, -0.15) is 0 Å². The Morgan fingerprint density at radius 2 is 1.81 bits per heavy atom.